The average Bonchev–Trinajstić information content (AvgIpc) is 2.90. The topological polar surface area (TPSA) is 130 Å². The maximum Gasteiger partial charge on any atom is 0.349 e. The van der Waals surface area contributed by atoms with Gasteiger partial charge in [-0.1, -0.05) is 23.7 Å². The van der Waals surface area contributed by atoms with E-state index in [9.17, 15) is 19.5 Å². The number of halogens is 1. The fraction of sp³-hybridized carbons (Fsp3) is 0.188. The number of aromatic carboxylic acids is 1. The van der Waals surface area contributed by atoms with Crippen molar-refractivity contribution in [3.05, 3.63) is 34.2 Å². The highest BCUT2D eigenvalue weighted by atomic mass is 35.5. The van der Waals surface area contributed by atoms with Crippen molar-refractivity contribution in [1.29, 1.82) is 0 Å². The summed E-state index contributed by atoms with van der Waals surface area (Å²) in [5.74, 6) is -3.70. The monoisotopic (exact) mass is 400 g/mol. The molecule has 0 spiro atoms. The van der Waals surface area contributed by atoms with Crippen LogP contribution in [0.3, 0.4) is 0 Å². The number of hydrogen-bond acceptors (Lipinski definition) is 6. The molecule has 0 aliphatic carbocycles. The number of benzene rings is 1. The Labute approximate surface area is 156 Å². The minimum atomic E-state index is -1.31. The molecule has 10 heteroatoms. The Morgan fingerprint density at radius 3 is 2.50 bits per heavy atom. The first-order valence-electron chi connectivity index (χ1n) is 7.10. The van der Waals surface area contributed by atoms with Gasteiger partial charge in [0.25, 0.3) is 0 Å². The van der Waals surface area contributed by atoms with Crippen molar-refractivity contribution < 1.29 is 39.2 Å². The molecule has 1 aromatic carbocycles. The predicted molar refractivity (Wildman–Crippen MR) is 92.6 cm³/mol. The Morgan fingerprint density at radius 1 is 1.23 bits per heavy atom. The lowest BCUT2D eigenvalue weighted by Gasteiger charge is -2.11. The third-order valence-corrected chi connectivity index (χ3v) is 4.78. The van der Waals surface area contributed by atoms with Crippen LogP contribution in [0.25, 0.3) is 10.4 Å². The maximum absolute atomic E-state index is 11.4. The molecule has 1 atom stereocenters. The zero-order valence-electron chi connectivity index (χ0n) is 13.3. The van der Waals surface area contributed by atoms with E-state index in [1.165, 1.54) is 13.0 Å². The molecule has 3 N–H and O–H groups in total. The van der Waals surface area contributed by atoms with E-state index < -0.39 is 30.6 Å². The first-order valence-corrected chi connectivity index (χ1v) is 8.30. The molecule has 1 aromatic heterocycles. The number of hydrogen-bond donors (Lipinski definition) is 3. The summed E-state index contributed by atoms with van der Waals surface area (Å²) in [5, 5.41) is 26.9. The molecule has 8 nitrogen and oxygen atoms in total. The van der Waals surface area contributed by atoms with E-state index in [0.29, 0.717) is 10.4 Å². The summed E-state index contributed by atoms with van der Waals surface area (Å²) in [6.07, 6.45) is -1.08. The van der Waals surface area contributed by atoms with Crippen LogP contribution in [0.1, 0.15) is 16.6 Å². The van der Waals surface area contributed by atoms with E-state index in [0.717, 1.165) is 11.3 Å². The Bertz CT molecular complexity index is 860. The molecule has 0 aliphatic heterocycles. The van der Waals surface area contributed by atoms with E-state index >= 15 is 0 Å². The number of thiophene rings is 1. The number of carboxylic acids is 3. The lowest BCUT2D eigenvalue weighted by molar-refractivity contribution is -0.144. The zero-order valence-corrected chi connectivity index (χ0v) is 14.8. The molecule has 0 saturated carbocycles. The van der Waals surface area contributed by atoms with Gasteiger partial charge >= 0.3 is 17.9 Å². The standard InChI is InChI=1S/C16H13ClO8S/c1-7(15(20)21)25-9-4-2-3-8(5-9)13-11(17)12(24-6-10(18)19)14(26-13)16(22)23/h2-5,7H,6H2,1H3,(H,18,19)(H,20,21)(H,22,23). The highest BCUT2D eigenvalue weighted by Crippen LogP contribution is 2.46. The summed E-state index contributed by atoms with van der Waals surface area (Å²) >= 11 is 7.01. The van der Waals surface area contributed by atoms with Gasteiger partial charge in [-0.2, -0.15) is 0 Å². The second kappa shape index (κ2) is 8.07. The van der Waals surface area contributed by atoms with E-state index in [1.807, 2.05) is 0 Å². The van der Waals surface area contributed by atoms with Gasteiger partial charge < -0.3 is 24.8 Å². The number of aliphatic carboxylic acids is 2. The van der Waals surface area contributed by atoms with Gasteiger partial charge in [0, 0.05) is 0 Å². The maximum atomic E-state index is 11.4. The molecule has 0 saturated heterocycles. The van der Waals surface area contributed by atoms with Crippen molar-refractivity contribution in [2.45, 2.75) is 13.0 Å². The van der Waals surface area contributed by atoms with Crippen LogP contribution in [0, 0.1) is 0 Å². The summed E-state index contributed by atoms with van der Waals surface area (Å²) in [6, 6.07) is 6.27. The van der Waals surface area contributed by atoms with Gasteiger partial charge in [0.15, 0.2) is 23.3 Å². The van der Waals surface area contributed by atoms with Gasteiger partial charge in [-0.15, -0.1) is 11.3 Å². The van der Waals surface area contributed by atoms with Crippen molar-refractivity contribution in [2.75, 3.05) is 6.61 Å². The fourth-order valence-corrected chi connectivity index (χ4v) is 3.35. The number of carbonyl (C=O) groups is 3. The van der Waals surface area contributed by atoms with Gasteiger partial charge in [0.1, 0.15) is 10.8 Å². The van der Waals surface area contributed by atoms with Crippen molar-refractivity contribution in [2.24, 2.45) is 0 Å². The van der Waals surface area contributed by atoms with Crippen LogP contribution in [0.4, 0.5) is 0 Å². The Balaban J connectivity index is 2.42. The number of rotatable bonds is 8. The Morgan fingerprint density at radius 2 is 1.92 bits per heavy atom. The highest BCUT2D eigenvalue weighted by Gasteiger charge is 2.25. The lowest BCUT2D eigenvalue weighted by atomic mass is 10.1. The molecule has 2 aromatic rings. The van der Waals surface area contributed by atoms with Gasteiger partial charge in [-0.25, -0.2) is 14.4 Å². The molecule has 2 rings (SSSR count). The quantitative estimate of drug-likeness (QED) is 0.616. The molecule has 0 amide bonds. The van der Waals surface area contributed by atoms with Crippen LogP contribution >= 0.6 is 22.9 Å². The molecule has 1 unspecified atom stereocenters. The van der Waals surface area contributed by atoms with Gasteiger partial charge in [-0.3, -0.25) is 0 Å². The van der Waals surface area contributed by atoms with Crippen molar-refractivity contribution in [1.82, 2.24) is 0 Å². The summed E-state index contributed by atoms with van der Waals surface area (Å²) in [5.41, 5.74) is 0.475. The first kappa shape index (κ1) is 19.5. The van der Waals surface area contributed by atoms with Crippen LogP contribution in [-0.4, -0.2) is 45.9 Å². The number of carboxylic acid groups (broad SMARTS) is 3. The van der Waals surface area contributed by atoms with Crippen LogP contribution in [0.15, 0.2) is 24.3 Å². The summed E-state index contributed by atoms with van der Waals surface area (Å²) < 4.78 is 10.3. The second-order valence-corrected chi connectivity index (χ2v) is 6.42. The second-order valence-electron chi connectivity index (χ2n) is 5.02. The fourth-order valence-electron chi connectivity index (χ4n) is 1.95. The molecular weight excluding hydrogens is 388 g/mol. The molecule has 138 valence electrons. The van der Waals surface area contributed by atoms with E-state index in [2.05, 4.69) is 0 Å². The smallest absolute Gasteiger partial charge is 0.349 e. The largest absolute Gasteiger partial charge is 0.479 e. The number of ether oxygens (including phenoxy) is 2. The van der Waals surface area contributed by atoms with Crippen LogP contribution in [-0.2, 0) is 9.59 Å². The normalized spacial score (nSPS) is 11.6. The van der Waals surface area contributed by atoms with Crippen molar-refractivity contribution in [3.63, 3.8) is 0 Å². The highest BCUT2D eigenvalue weighted by molar-refractivity contribution is 7.18. The predicted octanol–water partition coefficient (Wildman–Crippen LogP) is 3.08. The van der Waals surface area contributed by atoms with E-state index in [-0.39, 0.29) is 21.4 Å². The first-order chi connectivity index (χ1) is 12.2. The molecule has 0 fully saturated rings. The molecule has 26 heavy (non-hydrogen) atoms. The SMILES string of the molecule is CC(Oc1cccc(-c2sc(C(=O)O)c(OCC(=O)O)c2Cl)c1)C(=O)O. The van der Waals surface area contributed by atoms with E-state index in [1.54, 1.807) is 18.2 Å². The molecule has 0 aliphatic rings. The van der Waals surface area contributed by atoms with Crippen molar-refractivity contribution in [3.8, 4) is 21.9 Å². The Hall–Kier alpha value is -2.78. The third kappa shape index (κ3) is 4.44. The molecule has 1 heterocycles. The Kier molecular flexibility index (Phi) is 6.06. The minimum Gasteiger partial charge on any atom is -0.479 e. The summed E-state index contributed by atoms with van der Waals surface area (Å²) in [7, 11) is 0. The van der Waals surface area contributed by atoms with Crippen LogP contribution < -0.4 is 9.47 Å². The van der Waals surface area contributed by atoms with Gasteiger partial charge in [-0.05, 0) is 24.6 Å². The minimum absolute atomic E-state index is 0.0444. The van der Waals surface area contributed by atoms with Gasteiger partial charge in [0.05, 0.1) is 4.88 Å². The van der Waals surface area contributed by atoms with Crippen LogP contribution in [0.2, 0.25) is 5.02 Å². The zero-order chi connectivity index (χ0) is 19.4. The average molecular weight is 401 g/mol. The summed E-state index contributed by atoms with van der Waals surface area (Å²) in [4.78, 5) is 33.0. The molecule has 0 radical (unpaired) electrons. The summed E-state index contributed by atoms with van der Waals surface area (Å²) in [6.45, 7) is 0.628. The molecule has 0 bridgehead atoms. The lowest BCUT2D eigenvalue weighted by Crippen LogP contribution is -2.22. The third-order valence-electron chi connectivity index (χ3n) is 3.10. The van der Waals surface area contributed by atoms with Crippen molar-refractivity contribution >= 4 is 40.8 Å². The van der Waals surface area contributed by atoms with E-state index in [4.69, 9.17) is 31.3 Å². The van der Waals surface area contributed by atoms with Crippen LogP contribution in [0.5, 0.6) is 11.5 Å². The van der Waals surface area contributed by atoms with Gasteiger partial charge in [0.2, 0.25) is 0 Å². The molecular formula is C16H13ClO8S.